The molecule has 0 atom stereocenters. The molecular formula is C21H33IN4O3. The van der Waals surface area contributed by atoms with Gasteiger partial charge in [0, 0.05) is 26.1 Å². The molecule has 0 unspecified atom stereocenters. The van der Waals surface area contributed by atoms with Gasteiger partial charge in [0.05, 0.1) is 6.54 Å². The molecule has 1 saturated carbocycles. The molecule has 8 heteroatoms. The van der Waals surface area contributed by atoms with Crippen LogP contribution in [0.1, 0.15) is 51.0 Å². The van der Waals surface area contributed by atoms with Gasteiger partial charge in [-0.3, -0.25) is 4.79 Å². The molecule has 3 rings (SSSR count). The first kappa shape index (κ1) is 23.6. The summed E-state index contributed by atoms with van der Waals surface area (Å²) < 4.78 is 10.7. The highest BCUT2D eigenvalue weighted by atomic mass is 127. The maximum atomic E-state index is 12.1. The van der Waals surface area contributed by atoms with E-state index in [-0.39, 0.29) is 36.7 Å². The number of fused-ring (bicyclic) bond motifs is 1. The summed E-state index contributed by atoms with van der Waals surface area (Å²) in [5.74, 6) is 3.02. The lowest BCUT2D eigenvalue weighted by atomic mass is 9.87. The van der Waals surface area contributed by atoms with E-state index in [1.165, 1.54) is 32.1 Å². The van der Waals surface area contributed by atoms with Crippen molar-refractivity contribution in [2.45, 2.75) is 52.0 Å². The van der Waals surface area contributed by atoms with Gasteiger partial charge in [-0.15, -0.1) is 24.0 Å². The smallest absolute Gasteiger partial charge is 0.231 e. The molecule has 162 valence electrons. The Balaban J connectivity index is 0.00000300. The van der Waals surface area contributed by atoms with Crippen molar-refractivity contribution in [3.63, 3.8) is 0 Å². The Morgan fingerprint density at radius 3 is 2.62 bits per heavy atom. The van der Waals surface area contributed by atoms with Gasteiger partial charge < -0.3 is 25.4 Å². The van der Waals surface area contributed by atoms with Crippen LogP contribution < -0.4 is 25.4 Å². The van der Waals surface area contributed by atoms with E-state index in [4.69, 9.17) is 9.47 Å². The lowest BCUT2D eigenvalue weighted by Gasteiger charge is -2.20. The summed E-state index contributed by atoms with van der Waals surface area (Å²) in [5, 5.41) is 9.51. The fourth-order valence-electron chi connectivity index (χ4n) is 3.66. The molecule has 7 nitrogen and oxygen atoms in total. The van der Waals surface area contributed by atoms with E-state index in [1.54, 1.807) is 0 Å². The van der Waals surface area contributed by atoms with Crippen LogP contribution >= 0.6 is 24.0 Å². The fraction of sp³-hybridized carbons (Fsp3) is 0.619. The van der Waals surface area contributed by atoms with Crippen molar-refractivity contribution >= 4 is 35.8 Å². The van der Waals surface area contributed by atoms with Gasteiger partial charge in [0.15, 0.2) is 17.5 Å². The third-order valence-corrected chi connectivity index (χ3v) is 5.14. The number of hydrogen-bond acceptors (Lipinski definition) is 4. The molecule has 1 aliphatic carbocycles. The molecule has 2 aliphatic rings. The third-order valence-electron chi connectivity index (χ3n) is 5.14. The van der Waals surface area contributed by atoms with Crippen LogP contribution in [0.4, 0.5) is 0 Å². The SMILES string of the molecule is CCNC(=NCc1ccc2c(c1)OCO2)NCCNC(=O)CC1CCCCC1.I. The quantitative estimate of drug-likeness (QED) is 0.214. The third kappa shape index (κ3) is 7.91. The summed E-state index contributed by atoms with van der Waals surface area (Å²) in [6, 6.07) is 5.86. The molecule has 1 aliphatic heterocycles. The second-order valence-electron chi connectivity index (χ2n) is 7.37. The lowest BCUT2D eigenvalue weighted by Crippen LogP contribution is -2.41. The zero-order valence-electron chi connectivity index (χ0n) is 17.2. The normalized spacial score (nSPS) is 16.1. The van der Waals surface area contributed by atoms with E-state index in [0.717, 1.165) is 29.6 Å². The number of nitrogens with zero attached hydrogens (tertiary/aromatic N) is 1. The largest absolute Gasteiger partial charge is 0.454 e. The van der Waals surface area contributed by atoms with Crippen molar-refractivity contribution in [1.82, 2.24) is 16.0 Å². The Hall–Kier alpha value is -1.71. The second-order valence-corrected chi connectivity index (χ2v) is 7.37. The Kier molecular flexibility index (Phi) is 10.4. The number of aliphatic imine (C=N–C) groups is 1. The maximum absolute atomic E-state index is 12.1. The van der Waals surface area contributed by atoms with Crippen LogP contribution in [0.2, 0.25) is 0 Å². The molecule has 1 amide bonds. The second kappa shape index (κ2) is 12.8. The first-order chi connectivity index (χ1) is 13.7. The van der Waals surface area contributed by atoms with E-state index in [0.29, 0.717) is 32.0 Å². The van der Waals surface area contributed by atoms with E-state index < -0.39 is 0 Å². The van der Waals surface area contributed by atoms with E-state index in [2.05, 4.69) is 20.9 Å². The van der Waals surface area contributed by atoms with Crippen LogP contribution in [-0.2, 0) is 11.3 Å². The lowest BCUT2D eigenvalue weighted by molar-refractivity contribution is -0.122. The minimum absolute atomic E-state index is 0. The number of carbonyl (C=O) groups is 1. The molecule has 1 heterocycles. The Labute approximate surface area is 190 Å². The number of nitrogens with one attached hydrogen (secondary N) is 3. The van der Waals surface area contributed by atoms with Gasteiger partial charge in [-0.25, -0.2) is 4.99 Å². The van der Waals surface area contributed by atoms with Crippen LogP contribution in [0.3, 0.4) is 0 Å². The van der Waals surface area contributed by atoms with Crippen LogP contribution in [0, 0.1) is 5.92 Å². The zero-order chi connectivity index (χ0) is 19.6. The van der Waals surface area contributed by atoms with Crippen molar-refractivity contribution in [1.29, 1.82) is 0 Å². The van der Waals surface area contributed by atoms with E-state index in [9.17, 15) is 4.79 Å². The van der Waals surface area contributed by atoms with Crippen LogP contribution in [0.15, 0.2) is 23.2 Å². The Morgan fingerprint density at radius 1 is 1.07 bits per heavy atom. The molecule has 0 spiro atoms. The summed E-state index contributed by atoms with van der Waals surface area (Å²) in [4.78, 5) is 16.7. The van der Waals surface area contributed by atoms with Gasteiger partial charge >= 0.3 is 0 Å². The van der Waals surface area contributed by atoms with Crippen molar-refractivity contribution in [3.8, 4) is 11.5 Å². The highest BCUT2D eigenvalue weighted by molar-refractivity contribution is 14.0. The Bertz CT molecular complexity index is 678. The van der Waals surface area contributed by atoms with Crippen molar-refractivity contribution in [3.05, 3.63) is 23.8 Å². The number of rotatable bonds is 8. The average molecular weight is 516 g/mol. The highest BCUT2D eigenvalue weighted by Gasteiger charge is 2.16. The van der Waals surface area contributed by atoms with Gasteiger partial charge in [-0.05, 0) is 43.4 Å². The molecule has 1 fully saturated rings. The monoisotopic (exact) mass is 516 g/mol. The van der Waals surface area contributed by atoms with Crippen LogP contribution in [0.5, 0.6) is 11.5 Å². The molecule has 0 aromatic heterocycles. The number of ether oxygens (including phenoxy) is 2. The molecule has 1 aromatic carbocycles. The summed E-state index contributed by atoms with van der Waals surface area (Å²) in [6.45, 7) is 4.87. The predicted octanol–water partition coefficient (Wildman–Crippen LogP) is 3.18. The Morgan fingerprint density at radius 2 is 1.83 bits per heavy atom. The minimum Gasteiger partial charge on any atom is -0.454 e. The average Bonchev–Trinajstić information content (AvgIpc) is 3.18. The first-order valence-corrected chi connectivity index (χ1v) is 10.4. The van der Waals surface area contributed by atoms with E-state index in [1.807, 2.05) is 25.1 Å². The van der Waals surface area contributed by atoms with Crippen molar-refractivity contribution in [2.75, 3.05) is 26.4 Å². The molecule has 1 aromatic rings. The van der Waals surface area contributed by atoms with Gasteiger partial charge in [-0.1, -0.05) is 25.3 Å². The van der Waals surface area contributed by atoms with Crippen molar-refractivity contribution in [2.24, 2.45) is 10.9 Å². The number of halogens is 1. The maximum Gasteiger partial charge on any atom is 0.231 e. The molecule has 0 saturated heterocycles. The summed E-state index contributed by atoms with van der Waals surface area (Å²) >= 11 is 0. The molecule has 3 N–H and O–H groups in total. The minimum atomic E-state index is 0. The van der Waals surface area contributed by atoms with Gasteiger partial charge in [-0.2, -0.15) is 0 Å². The molecule has 0 bridgehead atoms. The molecular weight excluding hydrogens is 483 g/mol. The summed E-state index contributed by atoms with van der Waals surface area (Å²) in [5.41, 5.74) is 1.06. The van der Waals surface area contributed by atoms with Crippen LogP contribution in [0.25, 0.3) is 0 Å². The molecule has 29 heavy (non-hydrogen) atoms. The predicted molar refractivity (Wildman–Crippen MR) is 125 cm³/mol. The van der Waals surface area contributed by atoms with E-state index >= 15 is 0 Å². The van der Waals surface area contributed by atoms with Gasteiger partial charge in [0.2, 0.25) is 12.7 Å². The van der Waals surface area contributed by atoms with Crippen molar-refractivity contribution < 1.29 is 14.3 Å². The fourth-order valence-corrected chi connectivity index (χ4v) is 3.66. The summed E-state index contributed by atoms with van der Waals surface area (Å²) in [6.07, 6.45) is 6.92. The van der Waals surface area contributed by atoms with Gasteiger partial charge in [0.25, 0.3) is 0 Å². The van der Waals surface area contributed by atoms with Gasteiger partial charge in [0.1, 0.15) is 0 Å². The topological polar surface area (TPSA) is 84.0 Å². The first-order valence-electron chi connectivity index (χ1n) is 10.4. The number of guanidine groups is 1. The number of benzene rings is 1. The number of carbonyl (C=O) groups excluding carboxylic acids is 1. The summed E-state index contributed by atoms with van der Waals surface area (Å²) in [7, 11) is 0. The number of hydrogen-bond donors (Lipinski definition) is 3. The standard InChI is InChI=1S/C21H32N4O3.HI/c1-2-22-21(25-14-17-8-9-18-19(12-17)28-15-27-18)24-11-10-23-20(26)13-16-6-4-3-5-7-16;/h8-9,12,16H,2-7,10-11,13-15H2,1H3,(H,23,26)(H2,22,24,25);1H. The highest BCUT2D eigenvalue weighted by Crippen LogP contribution is 2.32. The zero-order valence-corrected chi connectivity index (χ0v) is 19.5. The molecule has 0 radical (unpaired) electrons. The number of amides is 1. The van der Waals surface area contributed by atoms with Crippen LogP contribution in [-0.4, -0.2) is 38.3 Å².